The van der Waals surface area contributed by atoms with Crippen molar-refractivity contribution < 1.29 is 4.74 Å². The molecule has 3 aromatic rings. The Hall–Kier alpha value is -3.08. The van der Waals surface area contributed by atoms with E-state index in [-0.39, 0.29) is 0 Å². The number of para-hydroxylation sites is 3. The summed E-state index contributed by atoms with van der Waals surface area (Å²) in [6, 6.07) is 17.9. The fourth-order valence-electron chi connectivity index (χ4n) is 2.71. The van der Waals surface area contributed by atoms with Gasteiger partial charge in [0.15, 0.2) is 0 Å². The minimum atomic E-state index is 0.427. The van der Waals surface area contributed by atoms with Gasteiger partial charge >= 0.3 is 0 Å². The van der Waals surface area contributed by atoms with Crippen LogP contribution in [0.5, 0.6) is 5.75 Å². The van der Waals surface area contributed by atoms with Gasteiger partial charge in [0.05, 0.1) is 12.3 Å². The highest BCUT2D eigenvalue weighted by Crippen LogP contribution is 2.28. The Labute approximate surface area is 154 Å². The molecule has 0 aliphatic heterocycles. The van der Waals surface area contributed by atoms with Crippen LogP contribution in [-0.2, 0) is 0 Å². The van der Waals surface area contributed by atoms with Crippen LogP contribution in [0.3, 0.4) is 0 Å². The van der Waals surface area contributed by atoms with Crippen LogP contribution < -0.4 is 15.4 Å². The van der Waals surface area contributed by atoms with Crippen molar-refractivity contribution >= 4 is 23.1 Å². The van der Waals surface area contributed by atoms with Crippen molar-refractivity contribution in [3.63, 3.8) is 0 Å². The lowest BCUT2D eigenvalue weighted by molar-refractivity contribution is 0.342. The van der Waals surface area contributed by atoms with Crippen molar-refractivity contribution in [3.8, 4) is 5.75 Å². The zero-order valence-corrected chi connectivity index (χ0v) is 15.4. The van der Waals surface area contributed by atoms with E-state index >= 15 is 0 Å². The normalized spacial score (nSPS) is 10.6. The lowest BCUT2D eigenvalue weighted by Gasteiger charge is -2.15. The molecule has 2 N–H and O–H groups in total. The van der Waals surface area contributed by atoms with E-state index in [2.05, 4.69) is 52.6 Å². The maximum absolute atomic E-state index is 5.64. The van der Waals surface area contributed by atoms with Gasteiger partial charge < -0.3 is 15.4 Å². The minimum absolute atomic E-state index is 0.427. The van der Waals surface area contributed by atoms with E-state index in [0.29, 0.717) is 18.5 Å². The highest BCUT2D eigenvalue weighted by Gasteiger charge is 2.08. The molecule has 0 saturated carbocycles. The molecule has 1 aromatic heterocycles. The van der Waals surface area contributed by atoms with E-state index in [1.165, 1.54) is 5.56 Å². The number of anilines is 4. The predicted molar refractivity (Wildman–Crippen MR) is 107 cm³/mol. The number of rotatable bonds is 7. The Morgan fingerprint density at radius 2 is 1.65 bits per heavy atom. The molecule has 134 valence electrons. The Morgan fingerprint density at radius 1 is 0.923 bits per heavy atom. The average molecular weight is 348 g/mol. The zero-order valence-electron chi connectivity index (χ0n) is 15.4. The van der Waals surface area contributed by atoms with Gasteiger partial charge in [-0.2, -0.15) is 4.98 Å². The maximum atomic E-state index is 5.64. The molecular formula is C21H24N4O. The van der Waals surface area contributed by atoms with Gasteiger partial charge in [-0.3, -0.25) is 0 Å². The van der Waals surface area contributed by atoms with Crippen molar-refractivity contribution in [3.05, 3.63) is 66.4 Å². The summed E-state index contributed by atoms with van der Waals surface area (Å²) in [6.45, 7) is 6.92. The molecule has 0 amide bonds. The van der Waals surface area contributed by atoms with E-state index < -0.39 is 0 Å². The quantitative estimate of drug-likeness (QED) is 0.591. The summed E-state index contributed by atoms with van der Waals surface area (Å²) >= 11 is 0. The first kappa shape index (κ1) is 17.7. The standard InChI is InChI=1S/C21H24N4O/c1-4-26-19-12-8-7-11-18(19)24-21-22-14-13-20(25-21)23-17-10-6-5-9-16(17)15(2)3/h5-15H,4H2,1-3H3,(H2,22,23,24,25). The average Bonchev–Trinajstić information content (AvgIpc) is 2.64. The van der Waals surface area contributed by atoms with Gasteiger partial charge in [-0.1, -0.05) is 44.2 Å². The highest BCUT2D eigenvalue weighted by molar-refractivity contribution is 5.65. The Morgan fingerprint density at radius 3 is 2.42 bits per heavy atom. The van der Waals surface area contributed by atoms with Crippen LogP contribution >= 0.6 is 0 Å². The van der Waals surface area contributed by atoms with Crippen LogP contribution in [0.2, 0.25) is 0 Å². The second-order valence-electron chi connectivity index (χ2n) is 6.19. The predicted octanol–water partition coefficient (Wildman–Crippen LogP) is 5.49. The summed E-state index contributed by atoms with van der Waals surface area (Å²) in [4.78, 5) is 8.89. The lowest BCUT2D eigenvalue weighted by atomic mass is 10.0. The van der Waals surface area contributed by atoms with Crippen LogP contribution in [0, 0.1) is 0 Å². The minimum Gasteiger partial charge on any atom is -0.492 e. The Kier molecular flexibility index (Phi) is 5.69. The van der Waals surface area contributed by atoms with Gasteiger partial charge in [-0.25, -0.2) is 4.98 Å². The number of nitrogens with one attached hydrogen (secondary N) is 2. The molecule has 0 saturated heterocycles. The third kappa shape index (κ3) is 4.30. The van der Waals surface area contributed by atoms with Crippen LogP contribution in [0.25, 0.3) is 0 Å². The smallest absolute Gasteiger partial charge is 0.229 e. The van der Waals surface area contributed by atoms with E-state index in [0.717, 1.165) is 22.9 Å². The molecule has 26 heavy (non-hydrogen) atoms. The summed E-state index contributed by atoms with van der Waals surface area (Å²) in [6.07, 6.45) is 1.74. The van der Waals surface area contributed by atoms with Gasteiger partial charge in [-0.15, -0.1) is 0 Å². The van der Waals surface area contributed by atoms with E-state index in [1.54, 1.807) is 6.20 Å². The summed E-state index contributed by atoms with van der Waals surface area (Å²) in [5, 5.41) is 6.63. The molecule has 0 aliphatic rings. The summed E-state index contributed by atoms with van der Waals surface area (Å²) < 4.78 is 5.64. The molecule has 0 bridgehead atoms. The molecule has 0 unspecified atom stereocenters. The molecule has 1 heterocycles. The molecule has 0 atom stereocenters. The topological polar surface area (TPSA) is 59.1 Å². The number of hydrogen-bond donors (Lipinski definition) is 2. The number of hydrogen-bond acceptors (Lipinski definition) is 5. The lowest BCUT2D eigenvalue weighted by Crippen LogP contribution is -2.03. The molecular weight excluding hydrogens is 324 g/mol. The molecule has 0 radical (unpaired) electrons. The second-order valence-corrected chi connectivity index (χ2v) is 6.19. The number of ether oxygens (including phenoxy) is 1. The van der Waals surface area contributed by atoms with Crippen molar-refractivity contribution in [2.75, 3.05) is 17.2 Å². The molecule has 2 aromatic carbocycles. The fraction of sp³-hybridized carbons (Fsp3) is 0.238. The first-order valence-electron chi connectivity index (χ1n) is 8.85. The highest BCUT2D eigenvalue weighted by atomic mass is 16.5. The van der Waals surface area contributed by atoms with Gasteiger partial charge in [0, 0.05) is 11.9 Å². The van der Waals surface area contributed by atoms with Crippen molar-refractivity contribution in [2.24, 2.45) is 0 Å². The summed E-state index contributed by atoms with van der Waals surface area (Å²) in [7, 11) is 0. The van der Waals surface area contributed by atoms with Gasteiger partial charge in [0.2, 0.25) is 5.95 Å². The number of nitrogens with zero attached hydrogens (tertiary/aromatic N) is 2. The largest absolute Gasteiger partial charge is 0.492 e. The Bertz CT molecular complexity index is 864. The molecule has 5 heteroatoms. The third-order valence-electron chi connectivity index (χ3n) is 3.93. The number of aromatic nitrogens is 2. The van der Waals surface area contributed by atoms with Crippen molar-refractivity contribution in [2.45, 2.75) is 26.7 Å². The monoisotopic (exact) mass is 348 g/mol. The molecule has 0 spiro atoms. The first-order valence-corrected chi connectivity index (χ1v) is 8.85. The number of benzene rings is 2. The second kappa shape index (κ2) is 8.34. The molecule has 3 rings (SSSR count). The van der Waals surface area contributed by atoms with Crippen LogP contribution in [-0.4, -0.2) is 16.6 Å². The third-order valence-corrected chi connectivity index (χ3v) is 3.93. The van der Waals surface area contributed by atoms with Crippen LogP contribution in [0.4, 0.5) is 23.1 Å². The molecule has 5 nitrogen and oxygen atoms in total. The summed E-state index contributed by atoms with van der Waals surface area (Å²) in [5.74, 6) is 2.46. The van der Waals surface area contributed by atoms with Crippen LogP contribution in [0.15, 0.2) is 60.8 Å². The SMILES string of the molecule is CCOc1ccccc1Nc1nccc(Nc2ccccc2C(C)C)n1. The van der Waals surface area contributed by atoms with Gasteiger partial charge in [0.1, 0.15) is 11.6 Å². The maximum Gasteiger partial charge on any atom is 0.229 e. The van der Waals surface area contributed by atoms with E-state index in [1.807, 2.05) is 43.3 Å². The van der Waals surface area contributed by atoms with Crippen molar-refractivity contribution in [1.29, 1.82) is 0 Å². The van der Waals surface area contributed by atoms with Crippen molar-refractivity contribution in [1.82, 2.24) is 9.97 Å². The van der Waals surface area contributed by atoms with E-state index in [4.69, 9.17) is 4.74 Å². The van der Waals surface area contributed by atoms with Gasteiger partial charge in [0.25, 0.3) is 0 Å². The fourth-order valence-corrected chi connectivity index (χ4v) is 2.71. The molecule has 0 aliphatic carbocycles. The molecule has 0 fully saturated rings. The summed E-state index contributed by atoms with van der Waals surface area (Å²) in [5.41, 5.74) is 3.15. The Balaban J connectivity index is 1.82. The van der Waals surface area contributed by atoms with Crippen LogP contribution in [0.1, 0.15) is 32.3 Å². The van der Waals surface area contributed by atoms with Gasteiger partial charge in [-0.05, 0) is 42.7 Å². The zero-order chi connectivity index (χ0) is 18.4. The van der Waals surface area contributed by atoms with E-state index in [9.17, 15) is 0 Å². The first-order chi connectivity index (χ1) is 12.7.